The number of carbonyl (C=O) groups excluding carboxylic acids is 1. The molecule has 1 aromatic carbocycles. The van der Waals surface area contributed by atoms with Gasteiger partial charge in [-0.25, -0.2) is 4.79 Å². The highest BCUT2D eigenvalue weighted by Gasteiger charge is 2.41. The van der Waals surface area contributed by atoms with Crippen molar-refractivity contribution in [3.63, 3.8) is 0 Å². The summed E-state index contributed by atoms with van der Waals surface area (Å²) in [5.74, 6) is -1.40. The molecule has 0 amide bonds. The zero-order chi connectivity index (χ0) is 21.2. The molecule has 7 nitrogen and oxygen atoms in total. The minimum absolute atomic E-state index is 0.0817. The van der Waals surface area contributed by atoms with E-state index in [1.54, 1.807) is 30.3 Å². The van der Waals surface area contributed by atoms with Gasteiger partial charge < -0.3 is 25.2 Å². The highest BCUT2D eigenvalue weighted by molar-refractivity contribution is 5.76. The lowest BCUT2D eigenvalue weighted by Gasteiger charge is -2.24. The molecule has 1 fully saturated rings. The summed E-state index contributed by atoms with van der Waals surface area (Å²) in [4.78, 5) is 22.6. The van der Waals surface area contributed by atoms with Gasteiger partial charge >= 0.3 is 11.9 Å². The van der Waals surface area contributed by atoms with Crippen LogP contribution in [0, 0.1) is 11.8 Å². The van der Waals surface area contributed by atoms with Crippen molar-refractivity contribution in [2.75, 3.05) is 0 Å². The van der Waals surface area contributed by atoms with Crippen LogP contribution >= 0.6 is 0 Å². The number of para-hydroxylation sites is 1. The van der Waals surface area contributed by atoms with E-state index in [-0.39, 0.29) is 24.7 Å². The lowest BCUT2D eigenvalue weighted by molar-refractivity contribution is -0.144. The smallest absolute Gasteiger partial charge is 0.340 e. The monoisotopic (exact) mass is 408 g/mol. The van der Waals surface area contributed by atoms with Gasteiger partial charge in [-0.2, -0.15) is 0 Å². The average Bonchev–Trinajstić information content (AvgIpc) is 2.95. The van der Waals surface area contributed by atoms with Crippen LogP contribution < -0.4 is 4.74 Å². The number of aliphatic hydroxyl groups excluding tert-OH is 3. The fourth-order valence-corrected chi connectivity index (χ4v) is 4.13. The van der Waals surface area contributed by atoms with Crippen molar-refractivity contribution in [2.45, 2.75) is 76.1 Å². The van der Waals surface area contributed by atoms with Crippen LogP contribution in [0.3, 0.4) is 0 Å². The summed E-state index contributed by atoms with van der Waals surface area (Å²) < 4.78 is 5.14. The molecule has 1 saturated carbocycles. The molecule has 0 radical (unpaired) electrons. The first-order valence-electron chi connectivity index (χ1n) is 10.4. The van der Waals surface area contributed by atoms with E-state index in [1.807, 2.05) is 0 Å². The van der Waals surface area contributed by atoms with Gasteiger partial charge in [0.1, 0.15) is 5.75 Å². The third-order valence-electron chi connectivity index (χ3n) is 5.71. The summed E-state index contributed by atoms with van der Waals surface area (Å²) in [6.45, 7) is 0. The Balaban J connectivity index is 1.76. The number of hydrogen-bond acceptors (Lipinski definition) is 6. The average molecular weight is 408 g/mol. The second kappa shape index (κ2) is 11.9. The molecule has 0 bridgehead atoms. The molecule has 0 saturated heterocycles. The molecule has 7 heteroatoms. The fourth-order valence-electron chi connectivity index (χ4n) is 4.13. The molecule has 1 aliphatic carbocycles. The number of aliphatic hydroxyl groups is 3. The Morgan fingerprint density at radius 3 is 2.24 bits per heavy atom. The predicted molar refractivity (Wildman–Crippen MR) is 106 cm³/mol. The minimum atomic E-state index is -1.28. The first-order valence-corrected chi connectivity index (χ1v) is 10.4. The molecule has 4 N–H and O–H groups in total. The Morgan fingerprint density at radius 1 is 0.966 bits per heavy atom. The van der Waals surface area contributed by atoms with Crippen LogP contribution in [0.4, 0.5) is 0 Å². The lowest BCUT2D eigenvalue weighted by Crippen LogP contribution is -2.29. The van der Waals surface area contributed by atoms with Crippen LogP contribution in [-0.4, -0.2) is 50.7 Å². The highest BCUT2D eigenvalue weighted by atomic mass is 16.5. The van der Waals surface area contributed by atoms with Crippen molar-refractivity contribution >= 4 is 11.9 Å². The Kier molecular flexibility index (Phi) is 9.57. The zero-order valence-corrected chi connectivity index (χ0v) is 16.7. The van der Waals surface area contributed by atoms with Crippen LogP contribution in [0.25, 0.3) is 0 Å². The SMILES string of the molecule is O=C(O)CCCCCC[C@@H]1C(CCC(O)C(=O)Oc2ccccc2)[C@H](O)C[C@@H]1O. The third-order valence-corrected chi connectivity index (χ3v) is 5.71. The van der Waals surface area contributed by atoms with Crippen LogP contribution in [0.5, 0.6) is 5.75 Å². The van der Waals surface area contributed by atoms with Crippen LogP contribution in [0.2, 0.25) is 0 Å². The number of ether oxygens (including phenoxy) is 1. The molecule has 29 heavy (non-hydrogen) atoms. The maximum atomic E-state index is 12.0. The van der Waals surface area contributed by atoms with E-state index in [2.05, 4.69) is 0 Å². The molecular weight excluding hydrogens is 376 g/mol. The molecular formula is C22H32O7. The molecule has 5 atom stereocenters. The van der Waals surface area contributed by atoms with Crippen molar-refractivity contribution < 1.29 is 34.8 Å². The Bertz CT molecular complexity index is 633. The number of carboxylic acids is 1. The van der Waals surface area contributed by atoms with Crippen LogP contribution in [0.15, 0.2) is 30.3 Å². The van der Waals surface area contributed by atoms with E-state index in [1.165, 1.54) is 0 Å². The highest BCUT2D eigenvalue weighted by Crippen LogP contribution is 2.39. The molecule has 2 rings (SSSR count). The summed E-state index contributed by atoms with van der Waals surface area (Å²) >= 11 is 0. The second-order valence-electron chi connectivity index (χ2n) is 7.87. The molecule has 1 aliphatic rings. The summed E-state index contributed by atoms with van der Waals surface area (Å²) in [7, 11) is 0. The van der Waals surface area contributed by atoms with E-state index in [0.717, 1.165) is 25.7 Å². The molecule has 0 aromatic heterocycles. The van der Waals surface area contributed by atoms with Crippen molar-refractivity contribution in [3.05, 3.63) is 30.3 Å². The maximum Gasteiger partial charge on any atom is 0.340 e. The summed E-state index contributed by atoms with van der Waals surface area (Å²) in [6, 6.07) is 8.53. The normalized spacial score (nSPS) is 24.9. The van der Waals surface area contributed by atoms with Gasteiger partial charge in [0, 0.05) is 6.42 Å². The van der Waals surface area contributed by atoms with Gasteiger partial charge in [0.15, 0.2) is 6.10 Å². The van der Waals surface area contributed by atoms with E-state index in [9.17, 15) is 24.9 Å². The largest absolute Gasteiger partial charge is 0.481 e. The van der Waals surface area contributed by atoms with Crippen LogP contribution in [-0.2, 0) is 9.59 Å². The first kappa shape index (κ1) is 23.3. The van der Waals surface area contributed by atoms with Crippen LogP contribution in [0.1, 0.15) is 57.8 Å². The quantitative estimate of drug-likeness (QED) is 0.238. The van der Waals surface area contributed by atoms with Gasteiger partial charge in [-0.3, -0.25) is 4.79 Å². The fraction of sp³-hybridized carbons (Fsp3) is 0.636. The van der Waals surface area contributed by atoms with Gasteiger partial charge in [-0.1, -0.05) is 37.5 Å². The third kappa shape index (κ3) is 7.76. The van der Waals surface area contributed by atoms with E-state index >= 15 is 0 Å². The van der Waals surface area contributed by atoms with Crippen molar-refractivity contribution in [2.24, 2.45) is 11.8 Å². The summed E-state index contributed by atoms with van der Waals surface area (Å²) in [5.41, 5.74) is 0. The van der Waals surface area contributed by atoms with Crippen molar-refractivity contribution in [3.8, 4) is 5.75 Å². The lowest BCUT2D eigenvalue weighted by atomic mass is 9.85. The van der Waals surface area contributed by atoms with Crippen molar-refractivity contribution in [1.29, 1.82) is 0 Å². The Morgan fingerprint density at radius 2 is 1.59 bits per heavy atom. The molecule has 162 valence electrons. The number of hydrogen-bond donors (Lipinski definition) is 4. The predicted octanol–water partition coefficient (Wildman–Crippen LogP) is 2.52. The Hall–Kier alpha value is -1.96. The van der Waals surface area contributed by atoms with Crippen molar-refractivity contribution in [1.82, 2.24) is 0 Å². The standard InChI is InChI=1S/C22H32O7/c23-18(22(28)29-15-8-4-3-5-9-15)13-12-17-16(19(24)14-20(17)25)10-6-1-2-7-11-21(26)27/h3-5,8-9,16-20,23-25H,1-2,6-7,10-14H2,(H,26,27)/t16-,17?,18?,19+,20-/m1/s1. The van der Waals surface area contributed by atoms with Gasteiger partial charge in [-0.05, 0) is 56.1 Å². The van der Waals surface area contributed by atoms with E-state index in [0.29, 0.717) is 25.0 Å². The van der Waals surface area contributed by atoms with Gasteiger partial charge in [-0.15, -0.1) is 0 Å². The number of aliphatic carboxylic acids is 1. The van der Waals surface area contributed by atoms with E-state index in [4.69, 9.17) is 9.84 Å². The zero-order valence-electron chi connectivity index (χ0n) is 16.7. The maximum absolute atomic E-state index is 12.0. The second-order valence-corrected chi connectivity index (χ2v) is 7.87. The van der Waals surface area contributed by atoms with Gasteiger partial charge in [0.25, 0.3) is 0 Å². The Labute approximate surface area is 171 Å². The number of carboxylic acid groups (broad SMARTS) is 1. The summed E-state index contributed by atoms with van der Waals surface area (Å²) in [5, 5.41) is 39.4. The number of unbranched alkanes of at least 4 members (excludes halogenated alkanes) is 3. The topological polar surface area (TPSA) is 124 Å². The number of benzene rings is 1. The summed E-state index contributed by atoms with van der Waals surface area (Å²) in [6.07, 6.45) is 2.47. The molecule has 1 aromatic rings. The molecule has 0 heterocycles. The van der Waals surface area contributed by atoms with Gasteiger partial charge in [0.05, 0.1) is 12.2 Å². The molecule has 2 unspecified atom stereocenters. The number of rotatable bonds is 12. The number of esters is 1. The molecule has 0 aliphatic heterocycles. The first-order chi connectivity index (χ1) is 13.9. The van der Waals surface area contributed by atoms with Gasteiger partial charge in [0.2, 0.25) is 0 Å². The number of carbonyl (C=O) groups is 2. The molecule has 0 spiro atoms. The minimum Gasteiger partial charge on any atom is -0.481 e. The van der Waals surface area contributed by atoms with E-state index < -0.39 is 30.3 Å².